The van der Waals surface area contributed by atoms with E-state index in [1.165, 1.54) is 0 Å². The second kappa shape index (κ2) is 9.58. The van der Waals surface area contributed by atoms with Gasteiger partial charge in [0.05, 0.1) is 17.8 Å². The number of nitrogens with one attached hydrogen (secondary N) is 1. The van der Waals surface area contributed by atoms with Crippen molar-refractivity contribution in [3.8, 4) is 11.5 Å². The maximum absolute atomic E-state index is 13.6. The lowest BCUT2D eigenvalue weighted by atomic mass is 10.1. The molecule has 0 saturated heterocycles. The van der Waals surface area contributed by atoms with E-state index in [2.05, 4.69) is 29.4 Å². The van der Waals surface area contributed by atoms with Gasteiger partial charge in [-0.1, -0.05) is 6.07 Å². The van der Waals surface area contributed by atoms with Gasteiger partial charge in [-0.25, -0.2) is 18.4 Å². The fraction of sp³-hybridized carbons (Fsp3) is 0.458. The molecule has 1 aliphatic rings. The molecule has 12 heteroatoms. The molecule has 0 fully saturated rings. The average Bonchev–Trinajstić information content (AvgIpc) is 3.41. The van der Waals surface area contributed by atoms with E-state index >= 15 is 0 Å². The van der Waals surface area contributed by atoms with E-state index in [-0.39, 0.29) is 23.1 Å². The first-order valence-corrected chi connectivity index (χ1v) is 13.7. The summed E-state index contributed by atoms with van der Waals surface area (Å²) in [6.07, 6.45) is 1.10. The van der Waals surface area contributed by atoms with Crippen LogP contribution in [0.3, 0.4) is 0 Å². The van der Waals surface area contributed by atoms with E-state index < -0.39 is 9.84 Å². The van der Waals surface area contributed by atoms with E-state index in [9.17, 15) is 13.2 Å². The highest BCUT2D eigenvalue weighted by atomic mass is 32.2. The first-order chi connectivity index (χ1) is 16.9. The van der Waals surface area contributed by atoms with Crippen molar-refractivity contribution in [1.29, 1.82) is 0 Å². The molecule has 0 aromatic carbocycles. The summed E-state index contributed by atoms with van der Waals surface area (Å²) in [7, 11) is 0.224. The molecule has 3 aromatic heterocycles. The minimum atomic E-state index is -3.58. The Labute approximate surface area is 211 Å². The molecule has 36 heavy (non-hydrogen) atoms. The molecule has 0 unspecified atom stereocenters. The summed E-state index contributed by atoms with van der Waals surface area (Å²) in [5.41, 5.74) is 2.73. The number of carbonyl (C=O) groups excluding carboxylic acids is 1. The zero-order valence-corrected chi connectivity index (χ0v) is 22.5. The molecule has 11 nitrogen and oxygen atoms in total. The Balaban J connectivity index is 1.76. The predicted octanol–water partition coefficient (Wildman–Crippen LogP) is 2.44. The van der Waals surface area contributed by atoms with Crippen LogP contribution in [-0.2, 0) is 22.9 Å². The predicted molar refractivity (Wildman–Crippen MR) is 138 cm³/mol. The van der Waals surface area contributed by atoms with Crippen molar-refractivity contribution in [2.24, 2.45) is 0 Å². The van der Waals surface area contributed by atoms with Crippen molar-refractivity contribution in [3.05, 3.63) is 41.1 Å². The Morgan fingerprint density at radius 3 is 2.47 bits per heavy atom. The summed E-state index contributed by atoms with van der Waals surface area (Å²) in [6.45, 7) is 8.72. The summed E-state index contributed by atoms with van der Waals surface area (Å²) in [4.78, 5) is 26.7. The molecule has 1 amide bonds. The van der Waals surface area contributed by atoms with Crippen LogP contribution >= 0.6 is 0 Å². The quantitative estimate of drug-likeness (QED) is 0.484. The number of aromatic nitrogens is 5. The van der Waals surface area contributed by atoms with Crippen LogP contribution in [0.25, 0.3) is 11.5 Å². The van der Waals surface area contributed by atoms with Gasteiger partial charge in [0.15, 0.2) is 5.82 Å². The number of amides is 1. The highest BCUT2D eigenvalue weighted by Gasteiger charge is 2.33. The molecule has 4 heterocycles. The summed E-state index contributed by atoms with van der Waals surface area (Å²) >= 11 is 0. The van der Waals surface area contributed by atoms with Gasteiger partial charge >= 0.3 is 0 Å². The van der Waals surface area contributed by atoms with Crippen molar-refractivity contribution in [2.45, 2.75) is 58.0 Å². The lowest BCUT2D eigenvalue weighted by molar-refractivity contribution is 0.0996. The summed E-state index contributed by atoms with van der Waals surface area (Å²) in [5, 5.41) is 11.1. The first kappa shape index (κ1) is 25.7. The SMILES string of the molecule is CNCc1nc(N(C)C(C)C)cc2c1CN(c1cccc(-c3nnc(S(C)(=O)=O)n3C(C)C)n1)C2=O. The molecule has 0 aliphatic carbocycles. The Morgan fingerprint density at radius 1 is 1.14 bits per heavy atom. The Morgan fingerprint density at radius 2 is 1.86 bits per heavy atom. The largest absolute Gasteiger partial charge is 0.357 e. The Kier molecular flexibility index (Phi) is 6.84. The maximum Gasteiger partial charge on any atom is 0.260 e. The van der Waals surface area contributed by atoms with Crippen LogP contribution < -0.4 is 15.1 Å². The van der Waals surface area contributed by atoms with Crippen molar-refractivity contribution >= 4 is 27.4 Å². The molecule has 0 bridgehead atoms. The van der Waals surface area contributed by atoms with Gasteiger partial charge < -0.3 is 10.2 Å². The van der Waals surface area contributed by atoms with Crippen molar-refractivity contribution in [3.63, 3.8) is 0 Å². The van der Waals surface area contributed by atoms with Gasteiger partial charge in [-0.2, -0.15) is 0 Å². The topological polar surface area (TPSA) is 126 Å². The first-order valence-electron chi connectivity index (χ1n) is 11.8. The number of sulfone groups is 1. The van der Waals surface area contributed by atoms with E-state index in [4.69, 9.17) is 9.97 Å². The van der Waals surface area contributed by atoms with Crippen LogP contribution in [0.5, 0.6) is 0 Å². The number of anilines is 2. The average molecular weight is 513 g/mol. The minimum absolute atomic E-state index is 0.117. The van der Waals surface area contributed by atoms with Crippen LogP contribution in [0, 0.1) is 0 Å². The third-order valence-electron chi connectivity index (χ3n) is 6.22. The number of nitrogens with zero attached hydrogens (tertiary/aromatic N) is 7. The van der Waals surface area contributed by atoms with Crippen LogP contribution in [0.2, 0.25) is 0 Å². The Hall–Kier alpha value is -3.38. The highest BCUT2D eigenvalue weighted by Crippen LogP contribution is 2.33. The number of carbonyl (C=O) groups is 1. The van der Waals surface area contributed by atoms with Crippen molar-refractivity contribution < 1.29 is 13.2 Å². The molecule has 3 aromatic rings. The minimum Gasteiger partial charge on any atom is -0.357 e. The van der Waals surface area contributed by atoms with Crippen molar-refractivity contribution in [2.75, 3.05) is 30.2 Å². The van der Waals surface area contributed by atoms with E-state index in [0.717, 1.165) is 23.3 Å². The van der Waals surface area contributed by atoms with Crippen molar-refractivity contribution in [1.82, 2.24) is 30.0 Å². The highest BCUT2D eigenvalue weighted by molar-refractivity contribution is 7.90. The third-order valence-corrected chi connectivity index (χ3v) is 7.16. The standard InChI is InChI=1S/C24H32N8O3S/c1-14(2)30(6)21-11-16-17(19(27-21)12-25-5)13-31(23(16)33)20-10-8-9-18(26-20)22-28-29-24(36(7,34)35)32(22)15(3)4/h8-11,14-15,25H,12-13H2,1-7H3. The zero-order valence-electron chi connectivity index (χ0n) is 21.6. The normalized spacial score (nSPS) is 13.7. The molecular weight excluding hydrogens is 480 g/mol. The van der Waals surface area contributed by atoms with Crippen LogP contribution in [-0.4, -0.2) is 65.5 Å². The summed E-state index contributed by atoms with van der Waals surface area (Å²) in [6, 6.07) is 7.11. The lowest BCUT2D eigenvalue weighted by Crippen LogP contribution is -2.27. The molecule has 192 valence electrons. The molecular formula is C24H32N8O3S. The van der Waals surface area contributed by atoms with Gasteiger partial charge in [0.1, 0.15) is 17.3 Å². The van der Waals surface area contributed by atoms with Gasteiger partial charge in [0.2, 0.25) is 15.0 Å². The lowest BCUT2D eigenvalue weighted by Gasteiger charge is -2.24. The van der Waals surface area contributed by atoms with Gasteiger partial charge in [0.25, 0.3) is 5.91 Å². The molecule has 0 spiro atoms. The zero-order chi connectivity index (χ0) is 26.4. The third kappa shape index (κ3) is 4.58. The number of fused-ring (bicyclic) bond motifs is 1. The number of hydrogen-bond acceptors (Lipinski definition) is 9. The van der Waals surface area contributed by atoms with E-state index in [0.29, 0.717) is 36.0 Å². The fourth-order valence-corrected chi connectivity index (χ4v) is 5.01. The fourth-order valence-electron chi connectivity index (χ4n) is 4.16. The van der Waals surface area contributed by atoms with Crippen LogP contribution in [0.15, 0.2) is 29.4 Å². The molecule has 1 aliphatic heterocycles. The number of rotatable bonds is 8. The smallest absolute Gasteiger partial charge is 0.260 e. The molecule has 0 atom stereocenters. The molecule has 1 N–H and O–H groups in total. The van der Waals surface area contributed by atoms with Crippen LogP contribution in [0.4, 0.5) is 11.6 Å². The summed E-state index contributed by atoms with van der Waals surface area (Å²) < 4.78 is 26.0. The van der Waals surface area contributed by atoms with E-state index in [1.807, 2.05) is 38.9 Å². The molecule has 0 saturated carbocycles. The van der Waals surface area contributed by atoms with Gasteiger partial charge in [-0.15, -0.1) is 10.2 Å². The second-order valence-corrected chi connectivity index (χ2v) is 11.4. The van der Waals surface area contributed by atoms with Gasteiger partial charge in [-0.3, -0.25) is 14.3 Å². The summed E-state index contributed by atoms with van der Waals surface area (Å²) in [5.74, 6) is 1.36. The molecule has 0 radical (unpaired) electrons. The second-order valence-electron chi connectivity index (χ2n) is 9.50. The van der Waals surface area contributed by atoms with Crippen LogP contribution in [0.1, 0.15) is 55.4 Å². The monoisotopic (exact) mass is 512 g/mol. The molecule has 4 rings (SSSR count). The number of hydrogen-bond donors (Lipinski definition) is 1. The van der Waals surface area contributed by atoms with Gasteiger partial charge in [0, 0.05) is 37.5 Å². The number of pyridine rings is 2. The Bertz CT molecular complexity index is 1410. The van der Waals surface area contributed by atoms with E-state index in [1.54, 1.807) is 27.7 Å². The maximum atomic E-state index is 13.6. The van der Waals surface area contributed by atoms with Gasteiger partial charge in [-0.05, 0) is 52.9 Å².